The Bertz CT molecular complexity index is 527. The van der Waals surface area contributed by atoms with Crippen LogP contribution in [0, 0.1) is 0 Å². The van der Waals surface area contributed by atoms with E-state index in [4.69, 9.17) is 0 Å². The van der Waals surface area contributed by atoms with Gasteiger partial charge in [0.1, 0.15) is 0 Å². The molecule has 0 aliphatic carbocycles. The van der Waals surface area contributed by atoms with Gasteiger partial charge >= 0.3 is 0 Å². The Hall–Kier alpha value is -1.94. The molecule has 2 aromatic heterocycles. The molecule has 0 atom stereocenters. The van der Waals surface area contributed by atoms with Crippen molar-refractivity contribution in [2.45, 2.75) is 33.4 Å². The van der Waals surface area contributed by atoms with Crippen molar-refractivity contribution in [2.75, 3.05) is 18.4 Å². The quantitative estimate of drug-likeness (QED) is 0.807. The summed E-state index contributed by atoms with van der Waals surface area (Å²) in [6.45, 7) is 8.00. The highest BCUT2D eigenvalue weighted by Crippen LogP contribution is 2.11. The normalized spacial score (nSPS) is 10.8. The Balaban J connectivity index is 1.98. The summed E-state index contributed by atoms with van der Waals surface area (Å²) in [6, 6.07) is 10.2. The van der Waals surface area contributed by atoms with Crippen molar-refractivity contribution >= 4 is 5.69 Å². The molecule has 0 spiro atoms. The number of aromatic nitrogens is 2. The molecule has 1 N–H and O–H groups in total. The monoisotopic (exact) mass is 284 g/mol. The number of hydrogen-bond donors (Lipinski definition) is 1. The number of nitrogens with one attached hydrogen (secondary N) is 1. The predicted molar refractivity (Wildman–Crippen MR) is 87.0 cm³/mol. The molecular weight excluding hydrogens is 260 g/mol. The number of anilines is 1. The van der Waals surface area contributed by atoms with Crippen LogP contribution in [0.2, 0.25) is 0 Å². The molecule has 0 radical (unpaired) electrons. The lowest BCUT2D eigenvalue weighted by molar-refractivity contribution is 0.265. The maximum absolute atomic E-state index is 4.47. The molecule has 0 saturated carbocycles. The lowest BCUT2D eigenvalue weighted by atomic mass is 10.2. The summed E-state index contributed by atoms with van der Waals surface area (Å²) >= 11 is 0. The summed E-state index contributed by atoms with van der Waals surface area (Å²) < 4.78 is 0. The molecule has 0 unspecified atom stereocenters. The Labute approximate surface area is 127 Å². The molecule has 2 aromatic rings. The third kappa shape index (κ3) is 5.16. The molecule has 112 valence electrons. The van der Waals surface area contributed by atoms with Gasteiger partial charge in [0, 0.05) is 37.7 Å². The molecule has 0 bridgehead atoms. The minimum Gasteiger partial charge on any atom is -0.385 e. The zero-order valence-electron chi connectivity index (χ0n) is 12.9. The van der Waals surface area contributed by atoms with Crippen LogP contribution in [0.4, 0.5) is 5.69 Å². The van der Waals surface area contributed by atoms with Crippen LogP contribution < -0.4 is 5.32 Å². The lowest BCUT2D eigenvalue weighted by Crippen LogP contribution is -2.23. The second-order valence-corrected chi connectivity index (χ2v) is 5.09. The third-order valence-electron chi connectivity index (χ3n) is 3.34. The molecule has 0 saturated heterocycles. The van der Waals surface area contributed by atoms with E-state index in [9.17, 15) is 0 Å². The predicted octanol–water partition coefficient (Wildman–Crippen LogP) is 3.32. The average molecular weight is 284 g/mol. The van der Waals surface area contributed by atoms with Crippen molar-refractivity contribution in [2.24, 2.45) is 0 Å². The van der Waals surface area contributed by atoms with E-state index in [2.05, 4.69) is 46.2 Å². The Morgan fingerprint density at radius 3 is 2.52 bits per heavy atom. The van der Waals surface area contributed by atoms with Gasteiger partial charge in [-0.15, -0.1) is 0 Å². The molecule has 0 aliphatic heterocycles. The standard InChI is InChI=1S/C17H24N4/c1-3-9-18-15-8-11-20-17(12-15)14-21(4-2)13-16-7-5-6-10-19-16/h5-8,10-12H,3-4,9,13-14H2,1-2H3,(H,18,20). The minimum absolute atomic E-state index is 0.842. The lowest BCUT2D eigenvalue weighted by Gasteiger charge is -2.19. The molecular formula is C17H24N4. The summed E-state index contributed by atoms with van der Waals surface area (Å²) in [4.78, 5) is 11.2. The van der Waals surface area contributed by atoms with Crippen molar-refractivity contribution in [3.63, 3.8) is 0 Å². The Kier molecular flexibility index (Phi) is 6.16. The van der Waals surface area contributed by atoms with E-state index in [0.29, 0.717) is 0 Å². The van der Waals surface area contributed by atoms with Crippen LogP contribution in [-0.2, 0) is 13.1 Å². The fourth-order valence-corrected chi connectivity index (χ4v) is 2.17. The summed E-state index contributed by atoms with van der Waals surface area (Å²) in [7, 11) is 0. The summed E-state index contributed by atoms with van der Waals surface area (Å²) in [5.41, 5.74) is 3.34. The second-order valence-electron chi connectivity index (χ2n) is 5.09. The average Bonchev–Trinajstić information content (AvgIpc) is 2.53. The zero-order chi connectivity index (χ0) is 14.9. The van der Waals surface area contributed by atoms with Crippen LogP contribution >= 0.6 is 0 Å². The fourth-order valence-electron chi connectivity index (χ4n) is 2.17. The van der Waals surface area contributed by atoms with Gasteiger partial charge in [-0.1, -0.05) is 19.9 Å². The number of hydrogen-bond acceptors (Lipinski definition) is 4. The van der Waals surface area contributed by atoms with Crippen molar-refractivity contribution in [1.29, 1.82) is 0 Å². The van der Waals surface area contributed by atoms with Gasteiger partial charge < -0.3 is 5.32 Å². The molecule has 21 heavy (non-hydrogen) atoms. The first kappa shape index (κ1) is 15.4. The van der Waals surface area contributed by atoms with Crippen LogP contribution in [0.25, 0.3) is 0 Å². The van der Waals surface area contributed by atoms with E-state index in [0.717, 1.165) is 49.7 Å². The largest absolute Gasteiger partial charge is 0.385 e. The number of rotatable bonds is 8. The van der Waals surface area contributed by atoms with E-state index in [1.165, 1.54) is 0 Å². The van der Waals surface area contributed by atoms with Gasteiger partial charge in [-0.05, 0) is 37.2 Å². The number of nitrogens with zero attached hydrogens (tertiary/aromatic N) is 3. The highest BCUT2D eigenvalue weighted by Gasteiger charge is 2.07. The summed E-state index contributed by atoms with van der Waals surface area (Å²) in [5, 5.41) is 3.40. The van der Waals surface area contributed by atoms with Crippen molar-refractivity contribution < 1.29 is 0 Å². The molecule has 0 aromatic carbocycles. The highest BCUT2D eigenvalue weighted by atomic mass is 15.1. The van der Waals surface area contributed by atoms with Gasteiger partial charge in [-0.3, -0.25) is 14.9 Å². The molecule has 4 heteroatoms. The first-order valence-corrected chi connectivity index (χ1v) is 7.63. The van der Waals surface area contributed by atoms with Gasteiger partial charge in [0.05, 0.1) is 11.4 Å². The van der Waals surface area contributed by atoms with Crippen LogP contribution in [0.1, 0.15) is 31.7 Å². The Morgan fingerprint density at radius 1 is 1.00 bits per heavy atom. The Morgan fingerprint density at radius 2 is 1.81 bits per heavy atom. The summed E-state index contributed by atoms with van der Waals surface area (Å²) in [5.74, 6) is 0. The van der Waals surface area contributed by atoms with Crippen LogP contribution in [-0.4, -0.2) is 28.0 Å². The van der Waals surface area contributed by atoms with Gasteiger partial charge in [-0.25, -0.2) is 0 Å². The molecule has 2 heterocycles. The highest BCUT2D eigenvalue weighted by molar-refractivity contribution is 5.43. The maximum Gasteiger partial charge on any atom is 0.0564 e. The van der Waals surface area contributed by atoms with Crippen LogP contribution in [0.3, 0.4) is 0 Å². The first-order chi connectivity index (χ1) is 10.3. The maximum atomic E-state index is 4.47. The van der Waals surface area contributed by atoms with Gasteiger partial charge in [0.2, 0.25) is 0 Å². The van der Waals surface area contributed by atoms with E-state index in [-0.39, 0.29) is 0 Å². The zero-order valence-corrected chi connectivity index (χ0v) is 12.9. The van der Waals surface area contributed by atoms with E-state index >= 15 is 0 Å². The topological polar surface area (TPSA) is 41.1 Å². The van der Waals surface area contributed by atoms with Gasteiger partial charge in [0.25, 0.3) is 0 Å². The number of pyridine rings is 2. The molecule has 2 rings (SSSR count). The van der Waals surface area contributed by atoms with Crippen molar-refractivity contribution in [3.05, 3.63) is 54.1 Å². The van der Waals surface area contributed by atoms with Crippen LogP contribution in [0.5, 0.6) is 0 Å². The molecule has 0 aliphatic rings. The minimum atomic E-state index is 0.842. The van der Waals surface area contributed by atoms with E-state index in [1.54, 1.807) is 0 Å². The smallest absolute Gasteiger partial charge is 0.0564 e. The molecule has 4 nitrogen and oxygen atoms in total. The van der Waals surface area contributed by atoms with Crippen molar-refractivity contribution in [3.8, 4) is 0 Å². The van der Waals surface area contributed by atoms with E-state index < -0.39 is 0 Å². The van der Waals surface area contributed by atoms with Gasteiger partial charge in [0.15, 0.2) is 0 Å². The SMILES string of the molecule is CCCNc1ccnc(CN(CC)Cc2ccccn2)c1. The third-order valence-corrected chi connectivity index (χ3v) is 3.34. The second kappa shape index (κ2) is 8.37. The van der Waals surface area contributed by atoms with E-state index in [1.807, 2.05) is 30.6 Å². The molecule has 0 fully saturated rings. The molecule has 0 amide bonds. The fraction of sp³-hybridized carbons (Fsp3) is 0.412. The van der Waals surface area contributed by atoms with Crippen LogP contribution in [0.15, 0.2) is 42.7 Å². The summed E-state index contributed by atoms with van der Waals surface area (Å²) in [6.07, 6.45) is 4.84. The van der Waals surface area contributed by atoms with Gasteiger partial charge in [-0.2, -0.15) is 0 Å². The van der Waals surface area contributed by atoms with Crippen molar-refractivity contribution in [1.82, 2.24) is 14.9 Å². The first-order valence-electron chi connectivity index (χ1n) is 7.63.